The summed E-state index contributed by atoms with van der Waals surface area (Å²) in [6, 6.07) is 6.86. The largest absolute Gasteiger partial charge is 0.494 e. The van der Waals surface area contributed by atoms with E-state index in [1.807, 2.05) is 0 Å². The minimum atomic E-state index is -0.514. The molecule has 0 fully saturated rings. The molecule has 0 atom stereocenters. The topological polar surface area (TPSA) is 52.6 Å². The van der Waals surface area contributed by atoms with Crippen molar-refractivity contribution in [3.8, 4) is 5.75 Å². The van der Waals surface area contributed by atoms with E-state index >= 15 is 0 Å². The van der Waals surface area contributed by atoms with Crippen molar-refractivity contribution >= 4 is 11.8 Å². The second-order valence-electron chi connectivity index (χ2n) is 4.18. The maximum atomic E-state index is 11.8. The van der Waals surface area contributed by atoms with Crippen molar-refractivity contribution in [2.24, 2.45) is 0 Å². The van der Waals surface area contributed by atoms with E-state index in [1.165, 1.54) is 6.08 Å². The molecule has 4 nitrogen and oxygen atoms in total. The number of hydrogen-bond donors (Lipinski definition) is 0. The molecule has 4 heteroatoms. The zero-order valence-corrected chi connectivity index (χ0v) is 11.9. The molecule has 108 valence electrons. The first-order valence-corrected chi connectivity index (χ1v) is 6.79. The van der Waals surface area contributed by atoms with E-state index in [2.05, 4.69) is 6.92 Å². The highest BCUT2D eigenvalue weighted by atomic mass is 16.5. The van der Waals surface area contributed by atoms with Crippen molar-refractivity contribution in [1.29, 1.82) is 0 Å². The molecule has 0 aliphatic carbocycles. The van der Waals surface area contributed by atoms with E-state index in [9.17, 15) is 9.59 Å². The second kappa shape index (κ2) is 8.91. The predicted molar refractivity (Wildman–Crippen MR) is 76.9 cm³/mol. The van der Waals surface area contributed by atoms with Crippen LogP contribution in [-0.4, -0.2) is 25.0 Å². The van der Waals surface area contributed by atoms with Crippen LogP contribution in [0.2, 0.25) is 0 Å². The molecule has 0 aliphatic rings. The second-order valence-corrected chi connectivity index (χ2v) is 4.18. The lowest BCUT2D eigenvalue weighted by Crippen LogP contribution is -2.02. The van der Waals surface area contributed by atoms with Crippen LogP contribution in [0.15, 0.2) is 36.4 Å². The molecular formula is C16H20O4. The van der Waals surface area contributed by atoms with Gasteiger partial charge in [0.2, 0.25) is 0 Å². The molecule has 20 heavy (non-hydrogen) atoms. The third kappa shape index (κ3) is 5.69. The molecule has 0 bridgehead atoms. The fraction of sp³-hybridized carbons (Fsp3) is 0.375. The van der Waals surface area contributed by atoms with E-state index < -0.39 is 5.97 Å². The number of carbonyl (C=O) groups excluding carboxylic acids is 2. The van der Waals surface area contributed by atoms with Gasteiger partial charge in [-0.05, 0) is 43.7 Å². The third-order valence-electron chi connectivity index (χ3n) is 2.56. The first-order valence-electron chi connectivity index (χ1n) is 6.79. The molecule has 0 amide bonds. The van der Waals surface area contributed by atoms with Gasteiger partial charge < -0.3 is 9.47 Å². The number of ether oxygens (including phenoxy) is 2. The average Bonchev–Trinajstić information content (AvgIpc) is 2.46. The van der Waals surface area contributed by atoms with E-state index in [-0.39, 0.29) is 5.78 Å². The van der Waals surface area contributed by atoms with Gasteiger partial charge in [-0.3, -0.25) is 4.79 Å². The summed E-state index contributed by atoms with van der Waals surface area (Å²) in [6.07, 6.45) is 4.43. The van der Waals surface area contributed by atoms with Gasteiger partial charge in [-0.1, -0.05) is 13.3 Å². The van der Waals surface area contributed by atoms with Crippen LogP contribution >= 0.6 is 0 Å². The van der Waals surface area contributed by atoms with Crippen LogP contribution in [0.4, 0.5) is 0 Å². The number of ketones is 1. The van der Waals surface area contributed by atoms with Crippen molar-refractivity contribution in [3.05, 3.63) is 42.0 Å². The zero-order valence-electron chi connectivity index (χ0n) is 11.9. The van der Waals surface area contributed by atoms with E-state index in [4.69, 9.17) is 9.47 Å². The fourth-order valence-corrected chi connectivity index (χ4v) is 1.48. The highest BCUT2D eigenvalue weighted by Gasteiger charge is 2.03. The number of rotatable bonds is 8. The van der Waals surface area contributed by atoms with Crippen LogP contribution in [0.25, 0.3) is 0 Å². The maximum absolute atomic E-state index is 11.8. The molecule has 1 aromatic rings. The molecule has 0 aromatic heterocycles. The summed E-state index contributed by atoms with van der Waals surface area (Å²) in [6.45, 7) is 4.78. The van der Waals surface area contributed by atoms with Gasteiger partial charge >= 0.3 is 5.97 Å². The predicted octanol–water partition coefficient (Wildman–Crippen LogP) is 3.17. The lowest BCUT2D eigenvalue weighted by molar-refractivity contribution is -0.137. The molecule has 0 unspecified atom stereocenters. The van der Waals surface area contributed by atoms with E-state index in [1.54, 1.807) is 31.2 Å². The monoisotopic (exact) mass is 276 g/mol. The lowest BCUT2D eigenvalue weighted by Gasteiger charge is -2.05. The average molecular weight is 276 g/mol. The van der Waals surface area contributed by atoms with Gasteiger partial charge in [-0.15, -0.1) is 0 Å². The van der Waals surface area contributed by atoms with Crippen molar-refractivity contribution < 1.29 is 19.1 Å². The Morgan fingerprint density at radius 1 is 1.10 bits per heavy atom. The summed E-state index contributed by atoms with van der Waals surface area (Å²) in [5, 5.41) is 0. The van der Waals surface area contributed by atoms with Gasteiger partial charge in [-0.2, -0.15) is 0 Å². The van der Waals surface area contributed by atoms with Crippen LogP contribution < -0.4 is 4.74 Å². The van der Waals surface area contributed by atoms with Crippen LogP contribution in [0, 0.1) is 0 Å². The Hall–Kier alpha value is -2.10. The van der Waals surface area contributed by atoms with Gasteiger partial charge in [0.05, 0.1) is 13.2 Å². The standard InChI is InChI=1S/C16H20O4/c1-3-5-12-20-14-8-6-13(7-9-14)15(17)10-11-16(18)19-4-2/h6-11H,3-5,12H2,1-2H3. The Bertz CT molecular complexity index is 460. The summed E-state index contributed by atoms with van der Waals surface area (Å²) < 4.78 is 10.2. The summed E-state index contributed by atoms with van der Waals surface area (Å²) in [5.41, 5.74) is 0.508. The third-order valence-corrected chi connectivity index (χ3v) is 2.56. The molecular weight excluding hydrogens is 256 g/mol. The quantitative estimate of drug-likeness (QED) is 0.317. The Kier molecular flexibility index (Phi) is 7.11. The van der Waals surface area contributed by atoms with E-state index in [0.29, 0.717) is 18.8 Å². The minimum absolute atomic E-state index is 0.238. The van der Waals surface area contributed by atoms with Crippen molar-refractivity contribution in [3.63, 3.8) is 0 Å². The molecule has 0 N–H and O–H groups in total. The Balaban J connectivity index is 2.55. The number of benzene rings is 1. The SMILES string of the molecule is CCCCOc1ccc(C(=O)C=CC(=O)OCC)cc1. The lowest BCUT2D eigenvalue weighted by atomic mass is 10.1. The molecule has 0 saturated heterocycles. The van der Waals surface area contributed by atoms with Crippen molar-refractivity contribution in [1.82, 2.24) is 0 Å². The van der Waals surface area contributed by atoms with Crippen molar-refractivity contribution in [2.45, 2.75) is 26.7 Å². The number of hydrogen-bond acceptors (Lipinski definition) is 4. The molecule has 0 heterocycles. The number of unbranched alkanes of at least 4 members (excludes halogenated alkanes) is 1. The van der Waals surface area contributed by atoms with Gasteiger partial charge in [0.15, 0.2) is 5.78 Å². The Morgan fingerprint density at radius 2 is 1.80 bits per heavy atom. The molecule has 1 rings (SSSR count). The molecule has 0 aliphatic heterocycles. The Labute approximate surface area is 119 Å². The highest BCUT2D eigenvalue weighted by molar-refractivity contribution is 6.07. The molecule has 1 aromatic carbocycles. The number of carbonyl (C=O) groups is 2. The summed E-state index contributed by atoms with van der Waals surface area (Å²) in [4.78, 5) is 22.9. The van der Waals surface area contributed by atoms with E-state index in [0.717, 1.165) is 24.7 Å². The number of esters is 1. The maximum Gasteiger partial charge on any atom is 0.330 e. The number of allylic oxidation sites excluding steroid dienone is 1. The highest BCUT2D eigenvalue weighted by Crippen LogP contribution is 2.13. The fourth-order valence-electron chi connectivity index (χ4n) is 1.48. The zero-order chi connectivity index (χ0) is 14.8. The molecule has 0 radical (unpaired) electrons. The first kappa shape index (κ1) is 16.0. The Morgan fingerprint density at radius 3 is 2.40 bits per heavy atom. The molecule has 0 spiro atoms. The van der Waals surface area contributed by atoms with Crippen molar-refractivity contribution in [2.75, 3.05) is 13.2 Å². The van der Waals surface area contributed by atoms with Crippen LogP contribution in [0.5, 0.6) is 5.75 Å². The van der Waals surface area contributed by atoms with Gasteiger partial charge in [-0.25, -0.2) is 4.79 Å². The van der Waals surface area contributed by atoms with Gasteiger partial charge in [0, 0.05) is 11.6 Å². The smallest absolute Gasteiger partial charge is 0.330 e. The first-order chi connectivity index (χ1) is 9.67. The van der Waals surface area contributed by atoms with Crippen LogP contribution in [0.1, 0.15) is 37.0 Å². The molecule has 0 saturated carbocycles. The summed E-state index contributed by atoms with van der Waals surface area (Å²) in [7, 11) is 0. The van der Waals surface area contributed by atoms with Gasteiger partial charge in [0.1, 0.15) is 5.75 Å². The summed E-state index contributed by atoms with van der Waals surface area (Å²) in [5.74, 6) is -0.0112. The van der Waals surface area contributed by atoms with Crippen LogP contribution in [0.3, 0.4) is 0 Å². The van der Waals surface area contributed by atoms with Crippen LogP contribution in [-0.2, 0) is 9.53 Å². The minimum Gasteiger partial charge on any atom is -0.494 e. The summed E-state index contributed by atoms with van der Waals surface area (Å²) >= 11 is 0. The normalized spacial score (nSPS) is 10.5. The van der Waals surface area contributed by atoms with Gasteiger partial charge in [0.25, 0.3) is 0 Å².